The first-order valence-corrected chi connectivity index (χ1v) is 5.98. The van der Waals surface area contributed by atoms with E-state index in [1.165, 1.54) is 0 Å². The van der Waals surface area contributed by atoms with Gasteiger partial charge in [0.2, 0.25) is 0 Å². The van der Waals surface area contributed by atoms with Gasteiger partial charge in [-0.2, -0.15) is 0 Å². The van der Waals surface area contributed by atoms with Crippen molar-refractivity contribution in [3.63, 3.8) is 0 Å². The van der Waals surface area contributed by atoms with Crippen LogP contribution in [0.15, 0.2) is 0 Å². The highest BCUT2D eigenvalue weighted by Gasteiger charge is 2.24. The molecule has 0 aromatic heterocycles. The van der Waals surface area contributed by atoms with Gasteiger partial charge >= 0.3 is 5.97 Å². The van der Waals surface area contributed by atoms with Crippen LogP contribution >= 0.6 is 0 Å². The van der Waals surface area contributed by atoms with Crippen molar-refractivity contribution < 1.29 is 14.6 Å². The summed E-state index contributed by atoms with van der Waals surface area (Å²) >= 11 is 0. The molecule has 0 aromatic carbocycles. The molecule has 0 radical (unpaired) electrons. The van der Waals surface area contributed by atoms with Crippen molar-refractivity contribution in [3.8, 4) is 0 Å². The maximum absolute atomic E-state index is 10.4. The highest BCUT2D eigenvalue weighted by atomic mass is 16.5. The van der Waals surface area contributed by atoms with Crippen LogP contribution < -0.4 is 5.32 Å². The first-order chi connectivity index (χ1) is 7.37. The Bertz CT molecular complexity index is 227. The number of hydrogen-bond acceptors (Lipinski definition) is 3. The fourth-order valence-electron chi connectivity index (χ4n) is 2.18. The van der Waals surface area contributed by atoms with E-state index in [1.54, 1.807) is 0 Å². The van der Waals surface area contributed by atoms with Gasteiger partial charge in [-0.05, 0) is 46.5 Å². The highest BCUT2D eigenvalue weighted by Crippen LogP contribution is 2.22. The molecule has 0 heterocycles. The molecule has 0 atom stereocenters. The average molecular weight is 229 g/mol. The molecule has 4 nitrogen and oxygen atoms in total. The van der Waals surface area contributed by atoms with Crippen LogP contribution in [0, 0.1) is 0 Å². The Hall–Kier alpha value is -0.610. The van der Waals surface area contributed by atoms with E-state index in [1.807, 2.05) is 0 Å². The summed E-state index contributed by atoms with van der Waals surface area (Å²) in [6, 6.07) is 0.546. The molecule has 0 saturated heterocycles. The van der Waals surface area contributed by atoms with Gasteiger partial charge in [0, 0.05) is 11.6 Å². The third-order valence-corrected chi connectivity index (χ3v) is 2.75. The summed E-state index contributed by atoms with van der Waals surface area (Å²) in [6.45, 7) is 6.34. The van der Waals surface area contributed by atoms with Crippen molar-refractivity contribution in [3.05, 3.63) is 0 Å². The fraction of sp³-hybridized carbons (Fsp3) is 0.917. The zero-order valence-electron chi connectivity index (χ0n) is 10.5. The molecule has 0 aromatic rings. The number of rotatable bonds is 4. The molecule has 16 heavy (non-hydrogen) atoms. The molecular weight excluding hydrogens is 206 g/mol. The lowest BCUT2D eigenvalue weighted by Crippen LogP contribution is -2.46. The Kier molecular flexibility index (Phi) is 4.74. The first-order valence-electron chi connectivity index (χ1n) is 5.98. The molecular formula is C12H23NO3. The minimum Gasteiger partial charge on any atom is -0.480 e. The van der Waals surface area contributed by atoms with Crippen LogP contribution in [0.5, 0.6) is 0 Å². The van der Waals surface area contributed by atoms with E-state index in [2.05, 4.69) is 26.1 Å². The molecule has 4 heteroatoms. The Morgan fingerprint density at radius 1 is 1.31 bits per heavy atom. The molecule has 0 spiro atoms. The van der Waals surface area contributed by atoms with Crippen molar-refractivity contribution in [1.82, 2.24) is 5.32 Å². The van der Waals surface area contributed by atoms with Crippen LogP contribution in [0.3, 0.4) is 0 Å². The predicted octanol–water partition coefficient (Wildman–Crippen LogP) is 1.79. The highest BCUT2D eigenvalue weighted by molar-refractivity contribution is 5.68. The summed E-state index contributed by atoms with van der Waals surface area (Å²) in [5, 5.41) is 12.1. The van der Waals surface area contributed by atoms with Crippen molar-refractivity contribution in [1.29, 1.82) is 0 Å². The topological polar surface area (TPSA) is 58.6 Å². The molecule has 0 unspecified atom stereocenters. The van der Waals surface area contributed by atoms with E-state index < -0.39 is 5.97 Å². The molecule has 1 aliphatic carbocycles. The SMILES string of the molecule is CC(C)(C)N[C@H]1CC[C@H](OCC(=O)O)CC1. The molecule has 0 amide bonds. The van der Waals surface area contributed by atoms with Gasteiger partial charge in [0.05, 0.1) is 6.10 Å². The molecule has 1 aliphatic rings. The monoisotopic (exact) mass is 229 g/mol. The second kappa shape index (κ2) is 5.64. The van der Waals surface area contributed by atoms with Crippen molar-refractivity contribution in [2.45, 2.75) is 64.1 Å². The number of carboxylic acid groups (broad SMARTS) is 1. The van der Waals surface area contributed by atoms with Crippen molar-refractivity contribution in [2.24, 2.45) is 0 Å². The molecule has 1 saturated carbocycles. The van der Waals surface area contributed by atoms with Gasteiger partial charge in [0.15, 0.2) is 0 Å². The number of carboxylic acids is 1. The second-order valence-electron chi connectivity index (χ2n) is 5.57. The molecule has 1 fully saturated rings. The third-order valence-electron chi connectivity index (χ3n) is 2.75. The fourth-order valence-corrected chi connectivity index (χ4v) is 2.18. The minimum atomic E-state index is -0.880. The van der Waals surface area contributed by atoms with E-state index in [-0.39, 0.29) is 18.2 Å². The number of nitrogens with one attached hydrogen (secondary N) is 1. The van der Waals surface area contributed by atoms with Gasteiger partial charge in [-0.15, -0.1) is 0 Å². The van der Waals surface area contributed by atoms with Crippen LogP contribution in [0.4, 0.5) is 0 Å². The second-order valence-corrected chi connectivity index (χ2v) is 5.57. The van der Waals surface area contributed by atoms with Gasteiger partial charge in [-0.3, -0.25) is 0 Å². The average Bonchev–Trinajstić information content (AvgIpc) is 2.14. The van der Waals surface area contributed by atoms with Crippen LogP contribution in [0.2, 0.25) is 0 Å². The quantitative estimate of drug-likeness (QED) is 0.771. The Morgan fingerprint density at radius 2 is 1.88 bits per heavy atom. The maximum Gasteiger partial charge on any atom is 0.329 e. The zero-order chi connectivity index (χ0) is 12.2. The number of hydrogen-bond donors (Lipinski definition) is 2. The molecule has 0 aliphatic heterocycles. The van der Waals surface area contributed by atoms with Gasteiger partial charge in [0.1, 0.15) is 6.61 Å². The largest absolute Gasteiger partial charge is 0.480 e. The smallest absolute Gasteiger partial charge is 0.329 e. The minimum absolute atomic E-state index is 0.133. The number of ether oxygens (including phenoxy) is 1. The summed E-state index contributed by atoms with van der Waals surface area (Å²) in [5.74, 6) is -0.880. The number of aliphatic carboxylic acids is 1. The lowest BCUT2D eigenvalue weighted by atomic mass is 9.91. The van der Waals surface area contributed by atoms with Crippen LogP contribution in [0.1, 0.15) is 46.5 Å². The van der Waals surface area contributed by atoms with Crippen molar-refractivity contribution in [2.75, 3.05) is 6.61 Å². The van der Waals surface area contributed by atoms with E-state index in [0.29, 0.717) is 6.04 Å². The Labute approximate surface area is 97.4 Å². The van der Waals surface area contributed by atoms with Crippen LogP contribution in [-0.4, -0.2) is 35.4 Å². The van der Waals surface area contributed by atoms with E-state index in [0.717, 1.165) is 25.7 Å². The summed E-state index contributed by atoms with van der Waals surface area (Å²) in [6.07, 6.45) is 4.19. The summed E-state index contributed by atoms with van der Waals surface area (Å²) in [4.78, 5) is 10.4. The van der Waals surface area contributed by atoms with E-state index >= 15 is 0 Å². The van der Waals surface area contributed by atoms with Gasteiger partial charge in [0.25, 0.3) is 0 Å². The summed E-state index contributed by atoms with van der Waals surface area (Å²) < 4.78 is 5.30. The van der Waals surface area contributed by atoms with Gasteiger partial charge in [-0.25, -0.2) is 4.79 Å². The molecule has 2 N–H and O–H groups in total. The lowest BCUT2D eigenvalue weighted by Gasteiger charge is -2.34. The third kappa shape index (κ3) is 5.47. The number of carbonyl (C=O) groups is 1. The first kappa shape index (κ1) is 13.5. The van der Waals surface area contributed by atoms with Gasteiger partial charge in [-0.1, -0.05) is 0 Å². The van der Waals surface area contributed by atoms with E-state index in [9.17, 15) is 4.79 Å². The van der Waals surface area contributed by atoms with Gasteiger partial charge < -0.3 is 15.2 Å². The maximum atomic E-state index is 10.4. The normalized spacial score (nSPS) is 26.7. The van der Waals surface area contributed by atoms with Crippen molar-refractivity contribution >= 4 is 5.97 Å². The molecule has 1 rings (SSSR count). The zero-order valence-corrected chi connectivity index (χ0v) is 10.5. The van der Waals surface area contributed by atoms with Crippen LogP contribution in [-0.2, 0) is 9.53 Å². The Morgan fingerprint density at radius 3 is 2.31 bits per heavy atom. The van der Waals surface area contributed by atoms with Crippen LogP contribution in [0.25, 0.3) is 0 Å². The Balaban J connectivity index is 2.21. The standard InChI is InChI=1S/C12H23NO3/c1-12(2,3)13-9-4-6-10(7-5-9)16-8-11(14)15/h9-10,13H,4-8H2,1-3H3,(H,14,15)/t9-,10-. The summed E-state index contributed by atoms with van der Waals surface area (Å²) in [7, 11) is 0. The molecule has 0 bridgehead atoms. The lowest BCUT2D eigenvalue weighted by molar-refractivity contribution is -0.145. The predicted molar refractivity (Wildman–Crippen MR) is 62.5 cm³/mol. The van der Waals surface area contributed by atoms with E-state index in [4.69, 9.17) is 9.84 Å². The molecule has 94 valence electrons. The summed E-state index contributed by atoms with van der Waals surface area (Å²) in [5.41, 5.74) is 0.152.